The Balaban J connectivity index is 2.83. The molecule has 1 aromatic carbocycles. The minimum Gasteiger partial charge on any atom is -0.341 e. The van der Waals surface area contributed by atoms with Crippen molar-refractivity contribution in [3.8, 4) is 0 Å². The van der Waals surface area contributed by atoms with Gasteiger partial charge in [0.1, 0.15) is 5.82 Å². The predicted octanol–water partition coefficient (Wildman–Crippen LogP) is 3.02. The lowest BCUT2D eigenvalue weighted by Gasteiger charge is -2.17. The van der Waals surface area contributed by atoms with Crippen LogP contribution in [0.2, 0.25) is 0 Å². The molecule has 0 aliphatic carbocycles. The first-order valence-electron chi connectivity index (χ1n) is 4.75. The predicted molar refractivity (Wildman–Crippen MR) is 69.4 cm³/mol. The van der Waals surface area contributed by atoms with Gasteiger partial charge in [0, 0.05) is 23.8 Å². The van der Waals surface area contributed by atoms with Crippen LogP contribution in [0.25, 0.3) is 0 Å². The molecular formula is C11H13BrFNOS. The largest absolute Gasteiger partial charge is 0.341 e. The average molecular weight is 306 g/mol. The smallest absolute Gasteiger partial charge is 0.254 e. The molecule has 0 aromatic heterocycles. The van der Waals surface area contributed by atoms with Crippen molar-refractivity contribution in [3.63, 3.8) is 0 Å². The second-order valence-corrected chi connectivity index (χ2v) is 5.18. The molecule has 1 amide bonds. The normalized spacial score (nSPS) is 10.2. The Morgan fingerprint density at radius 3 is 2.88 bits per heavy atom. The molecule has 0 fully saturated rings. The van der Waals surface area contributed by atoms with E-state index in [9.17, 15) is 9.18 Å². The van der Waals surface area contributed by atoms with Crippen LogP contribution in [0.1, 0.15) is 10.4 Å². The fraction of sp³-hybridized carbons (Fsp3) is 0.364. The third-order valence-corrected chi connectivity index (χ3v) is 3.42. The lowest BCUT2D eigenvalue weighted by molar-refractivity contribution is 0.0802. The van der Waals surface area contributed by atoms with Crippen LogP contribution in [0.15, 0.2) is 22.7 Å². The fourth-order valence-corrected chi connectivity index (χ4v) is 2.07. The molecule has 0 heterocycles. The second-order valence-electron chi connectivity index (χ2n) is 3.34. The Kier molecular flexibility index (Phi) is 5.28. The number of benzene rings is 1. The lowest BCUT2D eigenvalue weighted by Crippen LogP contribution is -2.29. The highest BCUT2D eigenvalue weighted by Crippen LogP contribution is 2.19. The van der Waals surface area contributed by atoms with Crippen molar-refractivity contribution < 1.29 is 9.18 Å². The molecule has 2 nitrogen and oxygen atoms in total. The van der Waals surface area contributed by atoms with E-state index < -0.39 is 5.82 Å². The summed E-state index contributed by atoms with van der Waals surface area (Å²) in [6, 6.07) is 4.12. The van der Waals surface area contributed by atoms with Crippen LogP contribution < -0.4 is 0 Å². The first-order chi connectivity index (χ1) is 7.56. The molecule has 0 saturated heterocycles. The quantitative estimate of drug-likeness (QED) is 0.852. The highest BCUT2D eigenvalue weighted by molar-refractivity contribution is 9.10. The number of carbonyl (C=O) groups is 1. The summed E-state index contributed by atoms with van der Waals surface area (Å²) in [5.41, 5.74) is 0.364. The van der Waals surface area contributed by atoms with Crippen LogP contribution in [0.3, 0.4) is 0 Å². The summed E-state index contributed by atoms with van der Waals surface area (Å²) >= 11 is 4.92. The van der Waals surface area contributed by atoms with Crippen LogP contribution in [0.5, 0.6) is 0 Å². The van der Waals surface area contributed by atoms with Crippen molar-refractivity contribution in [2.45, 2.75) is 0 Å². The second kappa shape index (κ2) is 6.25. The van der Waals surface area contributed by atoms with Gasteiger partial charge in [-0.05, 0) is 40.4 Å². The summed E-state index contributed by atoms with van der Waals surface area (Å²) in [5, 5.41) is 0. The number of hydrogen-bond donors (Lipinski definition) is 0. The summed E-state index contributed by atoms with van der Waals surface area (Å²) in [5.74, 6) is 0.306. The van der Waals surface area contributed by atoms with Gasteiger partial charge in [-0.3, -0.25) is 4.79 Å². The zero-order valence-electron chi connectivity index (χ0n) is 9.17. The molecular weight excluding hydrogens is 293 g/mol. The summed E-state index contributed by atoms with van der Waals surface area (Å²) in [4.78, 5) is 13.5. The van der Waals surface area contributed by atoms with E-state index in [0.717, 1.165) is 5.75 Å². The number of amides is 1. The van der Waals surface area contributed by atoms with E-state index in [1.165, 1.54) is 12.1 Å². The number of nitrogens with zero attached hydrogens (tertiary/aromatic N) is 1. The van der Waals surface area contributed by atoms with Gasteiger partial charge in [0.15, 0.2) is 0 Å². The maximum atomic E-state index is 13.0. The first-order valence-corrected chi connectivity index (χ1v) is 6.94. The van der Waals surface area contributed by atoms with Crippen LogP contribution in [0.4, 0.5) is 4.39 Å². The molecule has 16 heavy (non-hydrogen) atoms. The molecule has 0 N–H and O–H groups in total. The highest BCUT2D eigenvalue weighted by Gasteiger charge is 2.15. The van der Waals surface area contributed by atoms with Gasteiger partial charge in [0.2, 0.25) is 0 Å². The molecule has 0 aliphatic heterocycles. The number of carbonyl (C=O) groups excluding carboxylic acids is 1. The minimum atomic E-state index is -0.398. The minimum absolute atomic E-state index is 0.166. The number of hydrogen-bond acceptors (Lipinski definition) is 2. The zero-order valence-corrected chi connectivity index (χ0v) is 11.6. The molecule has 1 rings (SSSR count). The molecule has 0 saturated carbocycles. The maximum absolute atomic E-state index is 13.0. The van der Waals surface area contributed by atoms with Gasteiger partial charge >= 0.3 is 0 Å². The molecule has 0 bridgehead atoms. The molecule has 5 heteroatoms. The van der Waals surface area contributed by atoms with Crippen molar-refractivity contribution in [1.29, 1.82) is 0 Å². The highest BCUT2D eigenvalue weighted by atomic mass is 79.9. The number of thioether (sulfide) groups is 1. The van der Waals surface area contributed by atoms with Gasteiger partial charge < -0.3 is 4.90 Å². The summed E-state index contributed by atoms with van der Waals surface area (Å²) < 4.78 is 13.6. The van der Waals surface area contributed by atoms with Crippen molar-refractivity contribution in [3.05, 3.63) is 34.1 Å². The molecule has 88 valence electrons. The van der Waals surface area contributed by atoms with Crippen molar-refractivity contribution in [2.24, 2.45) is 0 Å². The van der Waals surface area contributed by atoms with Crippen molar-refractivity contribution in [1.82, 2.24) is 4.90 Å². The third-order valence-electron chi connectivity index (χ3n) is 2.14. The zero-order chi connectivity index (χ0) is 12.1. The number of halogens is 2. The lowest BCUT2D eigenvalue weighted by atomic mass is 10.2. The van der Waals surface area contributed by atoms with E-state index in [-0.39, 0.29) is 5.91 Å². The monoisotopic (exact) mass is 305 g/mol. The van der Waals surface area contributed by atoms with E-state index in [1.807, 2.05) is 6.26 Å². The molecule has 0 spiro atoms. The SMILES string of the molecule is CSCCN(C)C(=O)c1cc(F)ccc1Br. The van der Waals surface area contributed by atoms with Crippen LogP contribution in [0, 0.1) is 5.82 Å². The van der Waals surface area contributed by atoms with Crippen molar-refractivity contribution >= 4 is 33.6 Å². The molecule has 0 atom stereocenters. The number of rotatable bonds is 4. The Morgan fingerprint density at radius 2 is 2.25 bits per heavy atom. The van der Waals surface area contributed by atoms with Gasteiger partial charge in [0.25, 0.3) is 5.91 Å². The molecule has 0 radical (unpaired) electrons. The first kappa shape index (κ1) is 13.5. The van der Waals surface area contributed by atoms with Crippen molar-refractivity contribution in [2.75, 3.05) is 25.6 Å². The summed E-state index contributed by atoms with van der Waals surface area (Å²) in [7, 11) is 1.72. The molecule has 0 unspecified atom stereocenters. The average Bonchev–Trinajstić information content (AvgIpc) is 2.28. The van der Waals surface area contributed by atoms with E-state index in [1.54, 1.807) is 29.8 Å². The maximum Gasteiger partial charge on any atom is 0.254 e. The van der Waals surface area contributed by atoms with Gasteiger partial charge in [-0.2, -0.15) is 11.8 Å². The summed E-state index contributed by atoms with van der Waals surface area (Å²) in [6.07, 6.45) is 1.98. The Labute approximate surface area is 107 Å². The fourth-order valence-electron chi connectivity index (χ4n) is 1.20. The van der Waals surface area contributed by atoms with Gasteiger partial charge in [0.05, 0.1) is 5.56 Å². The Hall–Kier alpha value is -0.550. The Morgan fingerprint density at radius 1 is 1.56 bits per heavy atom. The van der Waals surface area contributed by atoms with Crippen LogP contribution >= 0.6 is 27.7 Å². The van der Waals surface area contributed by atoms with Crippen LogP contribution in [-0.4, -0.2) is 36.4 Å². The van der Waals surface area contributed by atoms with E-state index in [2.05, 4.69) is 15.9 Å². The van der Waals surface area contributed by atoms with Gasteiger partial charge in [-0.1, -0.05) is 0 Å². The third kappa shape index (κ3) is 3.49. The summed E-state index contributed by atoms with van der Waals surface area (Å²) in [6.45, 7) is 0.656. The molecule has 0 aliphatic rings. The van der Waals surface area contributed by atoms with Gasteiger partial charge in [-0.15, -0.1) is 0 Å². The topological polar surface area (TPSA) is 20.3 Å². The Bertz CT molecular complexity index is 386. The van der Waals surface area contributed by atoms with E-state index in [0.29, 0.717) is 16.6 Å². The van der Waals surface area contributed by atoms with Gasteiger partial charge in [-0.25, -0.2) is 4.39 Å². The standard InChI is InChI=1S/C11H13BrFNOS/c1-14(5-6-16-2)11(15)9-7-8(13)3-4-10(9)12/h3-4,7H,5-6H2,1-2H3. The van der Waals surface area contributed by atoms with E-state index in [4.69, 9.17) is 0 Å². The molecule has 1 aromatic rings. The van der Waals surface area contributed by atoms with E-state index >= 15 is 0 Å². The van der Waals surface area contributed by atoms with Crippen LogP contribution in [-0.2, 0) is 0 Å².